The van der Waals surface area contributed by atoms with E-state index in [1.165, 1.54) is 0 Å². The molecule has 1 aliphatic rings. The Hall–Kier alpha value is -2.69. The number of carbonyl (C=O) groups is 1. The molecular weight excluding hydrogens is 306 g/mol. The van der Waals surface area contributed by atoms with Gasteiger partial charge in [-0.05, 0) is 24.6 Å². The Kier molecular flexibility index (Phi) is 4.60. The molecule has 0 radical (unpaired) electrons. The van der Waals surface area contributed by atoms with E-state index in [2.05, 4.69) is 5.32 Å². The van der Waals surface area contributed by atoms with Crippen molar-refractivity contribution in [2.75, 3.05) is 26.1 Å². The van der Waals surface area contributed by atoms with Gasteiger partial charge in [-0.2, -0.15) is 0 Å². The standard InChI is InChI=1S/C19H21NO4/c1-4-24-16-8-6-5-7-12(16)13-10-19(21)20-15-11-18(23-3)17(22-2)9-14(13)15/h5-9,11,13H,4,10H2,1-3H3,(H,20,21)/t13-/m1/s1. The maximum Gasteiger partial charge on any atom is 0.225 e. The monoisotopic (exact) mass is 327 g/mol. The SMILES string of the molecule is CCOc1ccccc1[C@H]1CC(=O)Nc2cc(OC)c(OC)cc21. The number of hydrogen-bond donors (Lipinski definition) is 1. The van der Waals surface area contributed by atoms with Gasteiger partial charge in [-0.3, -0.25) is 4.79 Å². The summed E-state index contributed by atoms with van der Waals surface area (Å²) in [5.74, 6) is 1.93. The van der Waals surface area contributed by atoms with Crippen molar-refractivity contribution in [2.24, 2.45) is 0 Å². The number of rotatable bonds is 5. The zero-order valence-electron chi connectivity index (χ0n) is 14.1. The molecule has 0 saturated heterocycles. The van der Waals surface area contributed by atoms with Gasteiger partial charge in [0.15, 0.2) is 11.5 Å². The third kappa shape index (κ3) is 2.89. The minimum absolute atomic E-state index is 0.0222. The average Bonchev–Trinajstić information content (AvgIpc) is 2.60. The van der Waals surface area contributed by atoms with Crippen LogP contribution in [0.25, 0.3) is 0 Å². The van der Waals surface area contributed by atoms with E-state index in [0.29, 0.717) is 24.5 Å². The molecule has 0 bridgehead atoms. The van der Waals surface area contributed by atoms with Gasteiger partial charge in [0.25, 0.3) is 0 Å². The topological polar surface area (TPSA) is 56.8 Å². The average molecular weight is 327 g/mol. The molecule has 0 spiro atoms. The maximum atomic E-state index is 12.2. The third-order valence-electron chi connectivity index (χ3n) is 4.19. The Labute approximate surface area is 141 Å². The summed E-state index contributed by atoms with van der Waals surface area (Å²) in [6.07, 6.45) is 0.368. The van der Waals surface area contributed by atoms with Gasteiger partial charge in [-0.1, -0.05) is 18.2 Å². The predicted octanol–water partition coefficient (Wildman–Crippen LogP) is 3.58. The molecular formula is C19H21NO4. The van der Waals surface area contributed by atoms with Crippen LogP contribution >= 0.6 is 0 Å². The van der Waals surface area contributed by atoms with Crippen molar-refractivity contribution in [1.29, 1.82) is 0 Å². The molecule has 126 valence electrons. The summed E-state index contributed by atoms with van der Waals surface area (Å²) >= 11 is 0. The predicted molar refractivity (Wildman–Crippen MR) is 92.2 cm³/mol. The molecule has 2 aromatic carbocycles. The van der Waals surface area contributed by atoms with Crippen molar-refractivity contribution < 1.29 is 19.0 Å². The minimum Gasteiger partial charge on any atom is -0.494 e. The highest BCUT2D eigenvalue weighted by Crippen LogP contribution is 2.44. The molecule has 2 aromatic rings. The summed E-state index contributed by atoms with van der Waals surface area (Å²) in [6, 6.07) is 11.6. The van der Waals surface area contributed by atoms with E-state index in [0.717, 1.165) is 22.6 Å². The first-order valence-electron chi connectivity index (χ1n) is 7.95. The van der Waals surface area contributed by atoms with Crippen LogP contribution < -0.4 is 19.5 Å². The highest BCUT2D eigenvalue weighted by atomic mass is 16.5. The second-order valence-electron chi connectivity index (χ2n) is 5.57. The molecule has 1 aliphatic heterocycles. The molecule has 24 heavy (non-hydrogen) atoms. The fourth-order valence-electron chi connectivity index (χ4n) is 3.12. The lowest BCUT2D eigenvalue weighted by molar-refractivity contribution is -0.116. The first-order valence-corrected chi connectivity index (χ1v) is 7.95. The van der Waals surface area contributed by atoms with Crippen molar-refractivity contribution in [3.05, 3.63) is 47.5 Å². The van der Waals surface area contributed by atoms with E-state index in [4.69, 9.17) is 14.2 Å². The van der Waals surface area contributed by atoms with Crippen LogP contribution in [0.5, 0.6) is 17.2 Å². The highest BCUT2D eigenvalue weighted by Gasteiger charge is 2.30. The molecule has 3 rings (SSSR count). The third-order valence-corrected chi connectivity index (χ3v) is 4.19. The molecule has 5 heteroatoms. The zero-order chi connectivity index (χ0) is 17.1. The Morgan fingerprint density at radius 2 is 1.75 bits per heavy atom. The zero-order valence-corrected chi connectivity index (χ0v) is 14.1. The number of fused-ring (bicyclic) bond motifs is 1. The number of ether oxygens (including phenoxy) is 3. The number of carbonyl (C=O) groups excluding carboxylic acids is 1. The molecule has 1 N–H and O–H groups in total. The Balaban J connectivity index is 2.13. The molecule has 1 heterocycles. The van der Waals surface area contributed by atoms with Crippen LogP contribution in [-0.4, -0.2) is 26.7 Å². The van der Waals surface area contributed by atoms with Crippen LogP contribution in [0.2, 0.25) is 0 Å². The van der Waals surface area contributed by atoms with Crippen molar-refractivity contribution in [2.45, 2.75) is 19.3 Å². The van der Waals surface area contributed by atoms with Crippen molar-refractivity contribution in [3.8, 4) is 17.2 Å². The van der Waals surface area contributed by atoms with E-state index in [9.17, 15) is 4.79 Å². The molecule has 0 aromatic heterocycles. The van der Waals surface area contributed by atoms with Crippen LogP contribution in [0.1, 0.15) is 30.4 Å². The molecule has 0 aliphatic carbocycles. The number of amides is 1. The molecule has 0 saturated carbocycles. The number of methoxy groups -OCH3 is 2. The van der Waals surface area contributed by atoms with Crippen LogP contribution in [0.4, 0.5) is 5.69 Å². The molecule has 0 fully saturated rings. The second-order valence-corrected chi connectivity index (χ2v) is 5.57. The van der Waals surface area contributed by atoms with Crippen molar-refractivity contribution in [1.82, 2.24) is 0 Å². The first kappa shape index (κ1) is 16.2. The van der Waals surface area contributed by atoms with E-state index in [-0.39, 0.29) is 11.8 Å². The highest BCUT2D eigenvalue weighted by molar-refractivity contribution is 5.96. The lowest BCUT2D eigenvalue weighted by Crippen LogP contribution is -2.24. The van der Waals surface area contributed by atoms with Gasteiger partial charge in [0.05, 0.1) is 20.8 Å². The van der Waals surface area contributed by atoms with Crippen LogP contribution in [0, 0.1) is 0 Å². The van der Waals surface area contributed by atoms with Crippen LogP contribution in [-0.2, 0) is 4.79 Å². The maximum absolute atomic E-state index is 12.2. The summed E-state index contributed by atoms with van der Waals surface area (Å²) in [5, 5.41) is 2.92. The van der Waals surface area contributed by atoms with Crippen molar-refractivity contribution in [3.63, 3.8) is 0 Å². The summed E-state index contributed by atoms with van der Waals surface area (Å²) in [7, 11) is 3.19. The summed E-state index contributed by atoms with van der Waals surface area (Å²) in [5.41, 5.74) is 2.75. The van der Waals surface area contributed by atoms with Gasteiger partial charge < -0.3 is 19.5 Å². The minimum atomic E-state index is -0.0868. The van der Waals surface area contributed by atoms with E-state index in [1.807, 2.05) is 43.3 Å². The summed E-state index contributed by atoms with van der Waals surface area (Å²) < 4.78 is 16.5. The Morgan fingerprint density at radius 1 is 1.04 bits per heavy atom. The quantitative estimate of drug-likeness (QED) is 0.912. The van der Waals surface area contributed by atoms with E-state index < -0.39 is 0 Å². The lowest BCUT2D eigenvalue weighted by Gasteiger charge is -2.28. The van der Waals surface area contributed by atoms with Gasteiger partial charge in [0.1, 0.15) is 5.75 Å². The molecule has 5 nitrogen and oxygen atoms in total. The smallest absolute Gasteiger partial charge is 0.225 e. The number of nitrogens with one attached hydrogen (secondary N) is 1. The number of benzene rings is 2. The largest absolute Gasteiger partial charge is 0.494 e. The summed E-state index contributed by atoms with van der Waals surface area (Å²) in [6.45, 7) is 2.53. The lowest BCUT2D eigenvalue weighted by atomic mass is 9.84. The molecule has 1 atom stereocenters. The van der Waals surface area contributed by atoms with E-state index >= 15 is 0 Å². The number of anilines is 1. The second kappa shape index (κ2) is 6.83. The van der Waals surface area contributed by atoms with Gasteiger partial charge >= 0.3 is 0 Å². The van der Waals surface area contributed by atoms with Crippen LogP contribution in [0.3, 0.4) is 0 Å². The first-order chi connectivity index (χ1) is 11.7. The fourth-order valence-corrected chi connectivity index (χ4v) is 3.12. The Morgan fingerprint density at radius 3 is 2.46 bits per heavy atom. The molecule has 0 unspecified atom stereocenters. The van der Waals surface area contributed by atoms with Gasteiger partial charge in [-0.15, -0.1) is 0 Å². The normalized spacial score (nSPS) is 16.1. The summed E-state index contributed by atoms with van der Waals surface area (Å²) in [4.78, 5) is 12.2. The van der Waals surface area contributed by atoms with Gasteiger partial charge in [0.2, 0.25) is 5.91 Å². The fraction of sp³-hybridized carbons (Fsp3) is 0.316. The van der Waals surface area contributed by atoms with Gasteiger partial charge in [-0.25, -0.2) is 0 Å². The van der Waals surface area contributed by atoms with Crippen LogP contribution in [0.15, 0.2) is 36.4 Å². The van der Waals surface area contributed by atoms with E-state index in [1.54, 1.807) is 14.2 Å². The van der Waals surface area contributed by atoms with Crippen molar-refractivity contribution >= 4 is 11.6 Å². The number of hydrogen-bond acceptors (Lipinski definition) is 4. The van der Waals surface area contributed by atoms with Gasteiger partial charge in [0, 0.05) is 29.7 Å². The Bertz CT molecular complexity index is 757. The molecule has 1 amide bonds. The number of para-hydroxylation sites is 1.